The van der Waals surface area contributed by atoms with Crippen LogP contribution in [0.3, 0.4) is 0 Å². The average molecular weight is 518 g/mol. The van der Waals surface area contributed by atoms with E-state index in [1.165, 1.54) is 23.9 Å². The molecule has 190 valence electrons. The number of halogens is 1. The van der Waals surface area contributed by atoms with E-state index in [2.05, 4.69) is 10.2 Å². The van der Waals surface area contributed by atoms with E-state index in [4.69, 9.17) is 4.74 Å². The van der Waals surface area contributed by atoms with Gasteiger partial charge >= 0.3 is 0 Å². The number of morpholine rings is 1. The standard InChI is InChI=1S/C29H28FN3O3S/c30-24-9-6-22(7-10-24)20-33-25-19-23(28(34)31-12-13-32-14-16-36-17-15-32)8-11-26(25)37-27(29(33)35)18-21-4-2-1-3-5-21/h1-11,18-19H,12-17,20H2,(H,31,34)/b27-18-. The van der Waals surface area contributed by atoms with Gasteiger partial charge in [-0.3, -0.25) is 14.5 Å². The van der Waals surface area contributed by atoms with Gasteiger partial charge in [0.2, 0.25) is 0 Å². The average Bonchev–Trinajstić information content (AvgIpc) is 2.93. The molecule has 37 heavy (non-hydrogen) atoms. The Labute approximate surface area is 220 Å². The molecule has 0 saturated carbocycles. The lowest BCUT2D eigenvalue weighted by molar-refractivity contribution is -0.114. The molecule has 5 rings (SSSR count). The zero-order valence-electron chi connectivity index (χ0n) is 20.4. The van der Waals surface area contributed by atoms with Crippen molar-refractivity contribution in [1.29, 1.82) is 0 Å². The summed E-state index contributed by atoms with van der Waals surface area (Å²) in [5.74, 6) is -0.665. The van der Waals surface area contributed by atoms with E-state index in [-0.39, 0.29) is 24.2 Å². The maximum Gasteiger partial charge on any atom is 0.265 e. The molecule has 0 aliphatic carbocycles. The number of carbonyl (C=O) groups excluding carboxylic acids is 2. The van der Waals surface area contributed by atoms with Gasteiger partial charge < -0.3 is 15.0 Å². The molecular weight excluding hydrogens is 489 g/mol. The van der Waals surface area contributed by atoms with Crippen molar-refractivity contribution in [3.05, 3.63) is 100 Å². The summed E-state index contributed by atoms with van der Waals surface area (Å²) in [5, 5.41) is 2.99. The number of amides is 2. The van der Waals surface area contributed by atoms with Crippen molar-refractivity contribution >= 4 is 35.3 Å². The van der Waals surface area contributed by atoms with Crippen molar-refractivity contribution < 1.29 is 18.7 Å². The minimum atomic E-state index is -0.328. The fourth-order valence-corrected chi connectivity index (χ4v) is 5.38. The first kappa shape index (κ1) is 25.2. The number of nitrogens with one attached hydrogen (secondary N) is 1. The zero-order valence-corrected chi connectivity index (χ0v) is 21.2. The lowest BCUT2D eigenvalue weighted by Crippen LogP contribution is -2.41. The lowest BCUT2D eigenvalue weighted by atomic mass is 10.1. The molecule has 0 atom stereocenters. The summed E-state index contributed by atoms with van der Waals surface area (Å²) in [6.45, 7) is 4.73. The number of nitrogens with zero attached hydrogens (tertiary/aromatic N) is 2. The van der Waals surface area contributed by atoms with Crippen LogP contribution in [0.25, 0.3) is 6.08 Å². The van der Waals surface area contributed by atoms with Crippen LogP contribution in [-0.2, 0) is 16.1 Å². The van der Waals surface area contributed by atoms with Crippen molar-refractivity contribution in [2.45, 2.75) is 11.4 Å². The second kappa shape index (κ2) is 11.7. The number of hydrogen-bond donors (Lipinski definition) is 1. The smallest absolute Gasteiger partial charge is 0.265 e. The highest BCUT2D eigenvalue weighted by Gasteiger charge is 2.30. The molecule has 6 nitrogen and oxygen atoms in total. The van der Waals surface area contributed by atoms with E-state index in [0.717, 1.165) is 48.9 Å². The number of rotatable bonds is 7. The van der Waals surface area contributed by atoms with Crippen LogP contribution in [0.4, 0.5) is 10.1 Å². The van der Waals surface area contributed by atoms with Crippen LogP contribution in [0.15, 0.2) is 82.6 Å². The first-order valence-corrected chi connectivity index (χ1v) is 13.1. The Morgan fingerprint density at radius 3 is 2.54 bits per heavy atom. The Morgan fingerprint density at radius 2 is 1.78 bits per heavy atom. The summed E-state index contributed by atoms with van der Waals surface area (Å²) >= 11 is 1.39. The van der Waals surface area contributed by atoms with Crippen LogP contribution in [-0.4, -0.2) is 56.1 Å². The van der Waals surface area contributed by atoms with Gasteiger partial charge in [-0.1, -0.05) is 54.2 Å². The molecule has 1 N–H and O–H groups in total. The van der Waals surface area contributed by atoms with Gasteiger partial charge in [-0.05, 0) is 47.5 Å². The number of ether oxygens (including phenoxy) is 1. The fraction of sp³-hybridized carbons (Fsp3) is 0.241. The van der Waals surface area contributed by atoms with E-state index in [1.807, 2.05) is 42.5 Å². The third-order valence-corrected chi connectivity index (χ3v) is 7.43. The van der Waals surface area contributed by atoms with Gasteiger partial charge in [0.05, 0.1) is 30.4 Å². The molecule has 1 saturated heterocycles. The summed E-state index contributed by atoms with van der Waals surface area (Å²) in [6.07, 6.45) is 1.87. The normalized spacial score (nSPS) is 17.1. The van der Waals surface area contributed by atoms with Gasteiger partial charge in [0, 0.05) is 36.6 Å². The van der Waals surface area contributed by atoms with E-state index in [9.17, 15) is 14.0 Å². The molecule has 3 aromatic carbocycles. The summed E-state index contributed by atoms with van der Waals surface area (Å²) < 4.78 is 18.9. The van der Waals surface area contributed by atoms with E-state index in [1.54, 1.807) is 29.2 Å². The molecule has 3 aromatic rings. The van der Waals surface area contributed by atoms with Gasteiger partial charge in [0.15, 0.2) is 0 Å². The van der Waals surface area contributed by atoms with Crippen molar-refractivity contribution in [2.24, 2.45) is 0 Å². The van der Waals surface area contributed by atoms with E-state index < -0.39 is 0 Å². The first-order chi connectivity index (χ1) is 18.1. The van der Waals surface area contributed by atoms with E-state index >= 15 is 0 Å². The molecule has 2 amide bonds. The van der Waals surface area contributed by atoms with Gasteiger partial charge in [0.1, 0.15) is 5.82 Å². The van der Waals surface area contributed by atoms with Crippen molar-refractivity contribution in [3.8, 4) is 0 Å². The zero-order chi connectivity index (χ0) is 25.6. The molecule has 0 spiro atoms. The second-order valence-electron chi connectivity index (χ2n) is 8.93. The highest BCUT2D eigenvalue weighted by atomic mass is 32.2. The SMILES string of the molecule is O=C(NCCN1CCOCC1)c1ccc2c(c1)N(Cc1ccc(F)cc1)C(=O)/C(=C/c1ccccc1)S2. The van der Waals surface area contributed by atoms with Gasteiger partial charge in [0.25, 0.3) is 11.8 Å². The molecule has 0 aromatic heterocycles. The number of hydrogen-bond acceptors (Lipinski definition) is 5. The molecule has 8 heteroatoms. The van der Waals surface area contributed by atoms with Gasteiger partial charge in [-0.2, -0.15) is 0 Å². The van der Waals surface area contributed by atoms with Crippen molar-refractivity contribution in [1.82, 2.24) is 10.2 Å². The molecule has 0 radical (unpaired) electrons. The monoisotopic (exact) mass is 517 g/mol. The molecule has 2 aliphatic heterocycles. The fourth-order valence-electron chi connectivity index (χ4n) is 4.34. The summed E-state index contributed by atoms with van der Waals surface area (Å²) in [6, 6.07) is 21.3. The van der Waals surface area contributed by atoms with Gasteiger partial charge in [-0.25, -0.2) is 4.39 Å². The Hall–Kier alpha value is -3.46. The number of carbonyl (C=O) groups is 2. The Morgan fingerprint density at radius 1 is 1.03 bits per heavy atom. The summed E-state index contributed by atoms with van der Waals surface area (Å²) in [5.41, 5.74) is 2.89. The second-order valence-corrected chi connectivity index (χ2v) is 10.0. The number of fused-ring (bicyclic) bond motifs is 1. The van der Waals surface area contributed by atoms with Crippen molar-refractivity contribution in [3.63, 3.8) is 0 Å². The predicted molar refractivity (Wildman–Crippen MR) is 144 cm³/mol. The Balaban J connectivity index is 1.39. The first-order valence-electron chi connectivity index (χ1n) is 12.3. The molecule has 2 heterocycles. The van der Waals surface area contributed by atoms with Crippen LogP contribution < -0.4 is 10.2 Å². The quantitative estimate of drug-likeness (QED) is 0.466. The molecule has 2 aliphatic rings. The number of benzene rings is 3. The van der Waals surface area contributed by atoms with Crippen LogP contribution in [0, 0.1) is 5.82 Å². The van der Waals surface area contributed by atoms with Crippen LogP contribution in [0.1, 0.15) is 21.5 Å². The summed E-state index contributed by atoms with van der Waals surface area (Å²) in [4.78, 5) is 32.0. The number of anilines is 1. The maximum absolute atomic E-state index is 13.6. The molecule has 0 unspecified atom stereocenters. The minimum absolute atomic E-state index is 0.157. The minimum Gasteiger partial charge on any atom is -0.379 e. The van der Waals surface area contributed by atoms with Crippen LogP contribution in [0.2, 0.25) is 0 Å². The van der Waals surface area contributed by atoms with Crippen LogP contribution >= 0.6 is 11.8 Å². The predicted octanol–water partition coefficient (Wildman–Crippen LogP) is 4.57. The third-order valence-electron chi connectivity index (χ3n) is 6.36. The third kappa shape index (κ3) is 6.28. The maximum atomic E-state index is 13.6. The Bertz CT molecular complexity index is 1290. The summed E-state index contributed by atoms with van der Waals surface area (Å²) in [7, 11) is 0. The van der Waals surface area contributed by atoms with Gasteiger partial charge in [-0.15, -0.1) is 0 Å². The van der Waals surface area contributed by atoms with Crippen molar-refractivity contribution in [2.75, 3.05) is 44.3 Å². The highest BCUT2D eigenvalue weighted by molar-refractivity contribution is 8.04. The largest absolute Gasteiger partial charge is 0.379 e. The van der Waals surface area contributed by atoms with Crippen LogP contribution in [0.5, 0.6) is 0 Å². The highest BCUT2D eigenvalue weighted by Crippen LogP contribution is 2.43. The lowest BCUT2D eigenvalue weighted by Gasteiger charge is -2.31. The van der Waals surface area contributed by atoms with E-state index in [0.29, 0.717) is 22.7 Å². The number of thioether (sulfide) groups is 1. The topological polar surface area (TPSA) is 61.9 Å². The molecule has 0 bridgehead atoms. The Kier molecular flexibility index (Phi) is 7.99. The molecular formula is C29H28FN3O3S. The molecule has 1 fully saturated rings.